The molecule has 1 amide bonds. The lowest BCUT2D eigenvalue weighted by molar-refractivity contribution is -0.141. The second-order valence-corrected chi connectivity index (χ2v) is 4.51. The van der Waals surface area contributed by atoms with Crippen molar-refractivity contribution in [2.24, 2.45) is 0 Å². The summed E-state index contributed by atoms with van der Waals surface area (Å²) in [5.41, 5.74) is 1.52. The summed E-state index contributed by atoms with van der Waals surface area (Å²) in [6.07, 6.45) is -0.723. The topological polar surface area (TPSA) is 107 Å². The number of aliphatic hydroxyl groups excluding tert-OH is 1. The summed E-state index contributed by atoms with van der Waals surface area (Å²) < 4.78 is 0. The monoisotopic (exact) mass is 253 g/mol. The number of β-amino-alcohol motifs (C(OH)–C–C–N with tert-alkyl or cyclic N) is 1. The Labute approximate surface area is 103 Å². The van der Waals surface area contributed by atoms with Crippen molar-refractivity contribution in [2.45, 2.75) is 32.4 Å². The number of aliphatic hydroxyl groups is 1. The lowest BCUT2D eigenvalue weighted by atomic mass is 10.1. The molecule has 0 saturated carbocycles. The third-order valence-electron chi connectivity index (χ3n) is 3.17. The zero-order chi connectivity index (χ0) is 13.4. The van der Waals surface area contributed by atoms with E-state index in [4.69, 9.17) is 5.11 Å². The Morgan fingerprint density at radius 2 is 2.11 bits per heavy atom. The molecule has 98 valence electrons. The van der Waals surface area contributed by atoms with Gasteiger partial charge in [-0.2, -0.15) is 5.10 Å². The quantitative estimate of drug-likeness (QED) is 0.670. The molecule has 1 saturated heterocycles. The number of aryl methyl sites for hydroxylation is 2. The SMILES string of the molecule is Cc1n[nH]c(C)c1C(=O)N1C[C@H](O)C[C@H]1C(=O)O. The lowest BCUT2D eigenvalue weighted by Gasteiger charge is -2.21. The number of aromatic nitrogens is 2. The van der Waals surface area contributed by atoms with E-state index in [1.807, 2.05) is 0 Å². The number of likely N-dealkylation sites (tertiary alicyclic amines) is 1. The molecule has 0 radical (unpaired) electrons. The fraction of sp³-hybridized carbons (Fsp3) is 0.545. The molecule has 2 atom stereocenters. The van der Waals surface area contributed by atoms with Crippen molar-refractivity contribution in [1.29, 1.82) is 0 Å². The fourth-order valence-electron chi connectivity index (χ4n) is 2.28. The third kappa shape index (κ3) is 1.97. The molecule has 1 aliphatic rings. The highest BCUT2D eigenvalue weighted by atomic mass is 16.4. The van der Waals surface area contributed by atoms with Crippen LogP contribution in [0.3, 0.4) is 0 Å². The molecule has 1 aromatic rings. The molecule has 1 aliphatic heterocycles. The van der Waals surface area contributed by atoms with Crippen molar-refractivity contribution in [2.75, 3.05) is 6.54 Å². The van der Waals surface area contributed by atoms with Gasteiger partial charge < -0.3 is 15.1 Å². The van der Waals surface area contributed by atoms with E-state index in [1.54, 1.807) is 13.8 Å². The Hall–Kier alpha value is -1.89. The van der Waals surface area contributed by atoms with Crippen molar-refractivity contribution in [3.63, 3.8) is 0 Å². The van der Waals surface area contributed by atoms with Gasteiger partial charge in [0.1, 0.15) is 6.04 Å². The van der Waals surface area contributed by atoms with Crippen LogP contribution in [0.2, 0.25) is 0 Å². The maximum atomic E-state index is 12.3. The van der Waals surface area contributed by atoms with E-state index in [0.29, 0.717) is 17.0 Å². The number of H-pyrrole nitrogens is 1. The van der Waals surface area contributed by atoms with E-state index >= 15 is 0 Å². The molecule has 0 unspecified atom stereocenters. The van der Waals surface area contributed by atoms with E-state index in [1.165, 1.54) is 4.90 Å². The van der Waals surface area contributed by atoms with Crippen LogP contribution in [-0.2, 0) is 4.79 Å². The highest BCUT2D eigenvalue weighted by Crippen LogP contribution is 2.22. The van der Waals surface area contributed by atoms with Gasteiger partial charge in [0.05, 0.1) is 17.4 Å². The van der Waals surface area contributed by atoms with Gasteiger partial charge in [-0.3, -0.25) is 9.89 Å². The molecule has 2 rings (SSSR count). The number of aliphatic carboxylic acids is 1. The number of carbonyl (C=O) groups is 2. The number of nitrogens with one attached hydrogen (secondary N) is 1. The standard InChI is InChI=1S/C11H15N3O4/c1-5-9(6(2)13-12-5)10(16)14-4-7(15)3-8(14)11(17)18/h7-8,15H,3-4H2,1-2H3,(H,12,13)(H,17,18)/t7-,8+/m1/s1. The van der Waals surface area contributed by atoms with Gasteiger partial charge in [-0.25, -0.2) is 4.79 Å². The zero-order valence-corrected chi connectivity index (χ0v) is 10.2. The van der Waals surface area contributed by atoms with E-state index in [0.717, 1.165) is 0 Å². The van der Waals surface area contributed by atoms with Crippen LogP contribution >= 0.6 is 0 Å². The normalized spacial score (nSPS) is 23.4. The van der Waals surface area contributed by atoms with E-state index in [9.17, 15) is 14.7 Å². The Bertz CT molecular complexity index is 477. The van der Waals surface area contributed by atoms with Crippen LogP contribution in [0.5, 0.6) is 0 Å². The van der Waals surface area contributed by atoms with E-state index < -0.39 is 24.0 Å². The maximum Gasteiger partial charge on any atom is 0.326 e. The minimum absolute atomic E-state index is 0.0415. The molecule has 3 N–H and O–H groups in total. The smallest absolute Gasteiger partial charge is 0.326 e. The van der Waals surface area contributed by atoms with Crippen LogP contribution in [0, 0.1) is 13.8 Å². The number of hydrogen-bond acceptors (Lipinski definition) is 4. The van der Waals surface area contributed by atoms with Gasteiger partial charge in [0.2, 0.25) is 0 Å². The molecule has 2 heterocycles. The molecule has 1 aromatic heterocycles. The van der Waals surface area contributed by atoms with Crippen LogP contribution in [-0.4, -0.2) is 55.9 Å². The molecular weight excluding hydrogens is 238 g/mol. The second-order valence-electron chi connectivity index (χ2n) is 4.51. The number of carbonyl (C=O) groups excluding carboxylic acids is 1. The van der Waals surface area contributed by atoms with Gasteiger partial charge in [-0.15, -0.1) is 0 Å². The van der Waals surface area contributed by atoms with Gasteiger partial charge in [0.25, 0.3) is 5.91 Å². The van der Waals surface area contributed by atoms with Crippen LogP contribution in [0.1, 0.15) is 28.2 Å². The molecule has 0 aliphatic carbocycles. The summed E-state index contributed by atoms with van der Waals surface area (Å²) in [6, 6.07) is -0.971. The molecule has 7 heteroatoms. The van der Waals surface area contributed by atoms with Gasteiger partial charge in [0, 0.05) is 18.7 Å². The minimum atomic E-state index is -1.10. The van der Waals surface area contributed by atoms with Crippen LogP contribution < -0.4 is 0 Å². The summed E-state index contributed by atoms with van der Waals surface area (Å²) in [6.45, 7) is 3.42. The maximum absolute atomic E-state index is 12.3. The fourth-order valence-corrected chi connectivity index (χ4v) is 2.28. The Morgan fingerprint density at radius 1 is 1.44 bits per heavy atom. The molecule has 7 nitrogen and oxygen atoms in total. The molecular formula is C11H15N3O4. The first kappa shape index (κ1) is 12.6. The number of aromatic amines is 1. The molecule has 18 heavy (non-hydrogen) atoms. The predicted octanol–water partition coefficient (Wildman–Crippen LogP) is -0.313. The highest BCUT2D eigenvalue weighted by molar-refractivity contribution is 5.98. The van der Waals surface area contributed by atoms with Gasteiger partial charge in [-0.05, 0) is 13.8 Å². The minimum Gasteiger partial charge on any atom is -0.480 e. The number of rotatable bonds is 2. The van der Waals surface area contributed by atoms with Crippen molar-refractivity contribution >= 4 is 11.9 Å². The number of amides is 1. The van der Waals surface area contributed by atoms with Gasteiger partial charge in [-0.1, -0.05) is 0 Å². The second kappa shape index (κ2) is 4.41. The predicted molar refractivity (Wildman–Crippen MR) is 61.1 cm³/mol. The van der Waals surface area contributed by atoms with Crippen LogP contribution in [0.15, 0.2) is 0 Å². The van der Waals surface area contributed by atoms with Crippen molar-refractivity contribution < 1.29 is 19.8 Å². The Morgan fingerprint density at radius 3 is 2.61 bits per heavy atom. The first-order valence-electron chi connectivity index (χ1n) is 5.65. The first-order chi connectivity index (χ1) is 8.41. The van der Waals surface area contributed by atoms with Crippen LogP contribution in [0.4, 0.5) is 0 Å². The average molecular weight is 253 g/mol. The van der Waals surface area contributed by atoms with Crippen molar-refractivity contribution in [3.8, 4) is 0 Å². The Balaban J connectivity index is 2.31. The zero-order valence-electron chi connectivity index (χ0n) is 10.2. The van der Waals surface area contributed by atoms with Crippen LogP contribution in [0.25, 0.3) is 0 Å². The van der Waals surface area contributed by atoms with Gasteiger partial charge in [0.15, 0.2) is 0 Å². The number of nitrogens with zero attached hydrogens (tertiary/aromatic N) is 2. The molecule has 1 fully saturated rings. The average Bonchev–Trinajstić information content (AvgIpc) is 2.82. The van der Waals surface area contributed by atoms with Gasteiger partial charge >= 0.3 is 5.97 Å². The number of hydrogen-bond donors (Lipinski definition) is 3. The highest BCUT2D eigenvalue weighted by Gasteiger charge is 2.40. The summed E-state index contributed by atoms with van der Waals surface area (Å²) in [7, 11) is 0. The summed E-state index contributed by atoms with van der Waals surface area (Å²) in [5.74, 6) is -1.50. The summed E-state index contributed by atoms with van der Waals surface area (Å²) >= 11 is 0. The van der Waals surface area contributed by atoms with Crippen molar-refractivity contribution in [3.05, 3.63) is 17.0 Å². The summed E-state index contributed by atoms with van der Waals surface area (Å²) in [5, 5.41) is 25.2. The lowest BCUT2D eigenvalue weighted by Crippen LogP contribution is -2.41. The number of carboxylic acids is 1. The van der Waals surface area contributed by atoms with Crippen molar-refractivity contribution in [1.82, 2.24) is 15.1 Å². The molecule has 0 spiro atoms. The Kier molecular flexibility index (Phi) is 3.08. The number of carboxylic acid groups (broad SMARTS) is 1. The third-order valence-corrected chi connectivity index (χ3v) is 3.17. The molecule has 0 aromatic carbocycles. The molecule has 0 bridgehead atoms. The summed E-state index contributed by atoms with van der Waals surface area (Å²) in [4.78, 5) is 24.6. The van der Waals surface area contributed by atoms with E-state index in [2.05, 4.69) is 10.2 Å². The van der Waals surface area contributed by atoms with E-state index in [-0.39, 0.29) is 13.0 Å². The largest absolute Gasteiger partial charge is 0.480 e. The first-order valence-corrected chi connectivity index (χ1v) is 5.65.